The highest BCUT2D eigenvalue weighted by Gasteiger charge is 2.15. The standard InChI is InChI=1S/C29H34N6O2/c36-28(24-10-8-9-23(19-24)25-20-30-31-21-25)33-29-32-26(22-35(29)27-12-5-3-6-13-27)11-4-1-2-7-14-34-15-17-37-18-16-34/h3,5-6,8-10,12-13,19-22H,1-2,4,7,11,14-18H2,(H,30,31)(H,32,33,36). The predicted octanol–water partition coefficient (Wildman–Crippen LogP) is 4.95. The zero-order chi connectivity index (χ0) is 25.3. The first-order chi connectivity index (χ1) is 18.3. The fourth-order valence-corrected chi connectivity index (χ4v) is 4.67. The van der Waals surface area contributed by atoms with Gasteiger partial charge in [0.15, 0.2) is 0 Å². The summed E-state index contributed by atoms with van der Waals surface area (Å²) < 4.78 is 7.39. The van der Waals surface area contributed by atoms with Crippen LogP contribution in [0, 0.1) is 0 Å². The van der Waals surface area contributed by atoms with E-state index in [1.165, 1.54) is 19.3 Å². The lowest BCUT2D eigenvalue weighted by Crippen LogP contribution is -2.36. The van der Waals surface area contributed by atoms with E-state index < -0.39 is 0 Å². The van der Waals surface area contributed by atoms with Gasteiger partial charge >= 0.3 is 0 Å². The molecule has 5 rings (SSSR count). The molecule has 2 N–H and O–H groups in total. The molecule has 1 fully saturated rings. The molecular weight excluding hydrogens is 464 g/mol. The van der Waals surface area contributed by atoms with E-state index in [0.717, 1.165) is 68.2 Å². The number of carbonyl (C=O) groups is 1. The maximum Gasteiger partial charge on any atom is 0.258 e. The first-order valence-electron chi connectivity index (χ1n) is 13.1. The highest BCUT2D eigenvalue weighted by molar-refractivity contribution is 6.04. The fourth-order valence-electron chi connectivity index (χ4n) is 4.67. The molecule has 0 spiro atoms. The Kier molecular flexibility index (Phi) is 8.40. The summed E-state index contributed by atoms with van der Waals surface area (Å²) in [5, 5.41) is 9.86. The molecule has 2 aromatic carbocycles. The highest BCUT2D eigenvalue weighted by Crippen LogP contribution is 2.22. The van der Waals surface area contributed by atoms with Gasteiger partial charge in [-0.2, -0.15) is 5.10 Å². The molecule has 0 saturated carbocycles. The van der Waals surface area contributed by atoms with E-state index in [1.54, 1.807) is 6.20 Å². The molecule has 8 nitrogen and oxygen atoms in total. The number of anilines is 1. The number of hydrogen-bond donors (Lipinski definition) is 2. The van der Waals surface area contributed by atoms with Gasteiger partial charge in [-0.25, -0.2) is 4.98 Å². The number of carbonyl (C=O) groups excluding carboxylic acids is 1. The van der Waals surface area contributed by atoms with Crippen molar-refractivity contribution in [1.29, 1.82) is 0 Å². The zero-order valence-electron chi connectivity index (χ0n) is 21.1. The summed E-state index contributed by atoms with van der Waals surface area (Å²) in [6.45, 7) is 4.99. The number of hydrogen-bond acceptors (Lipinski definition) is 5. The van der Waals surface area contributed by atoms with Crippen molar-refractivity contribution in [2.45, 2.75) is 32.1 Å². The Hall–Kier alpha value is -3.75. The Bertz CT molecular complexity index is 1260. The first-order valence-corrected chi connectivity index (χ1v) is 13.1. The summed E-state index contributed by atoms with van der Waals surface area (Å²) in [5.41, 5.74) is 4.39. The molecule has 0 bridgehead atoms. The first kappa shape index (κ1) is 24.9. The molecule has 1 amide bonds. The second kappa shape index (κ2) is 12.5. The van der Waals surface area contributed by atoms with E-state index >= 15 is 0 Å². The van der Waals surface area contributed by atoms with E-state index in [9.17, 15) is 4.79 Å². The van der Waals surface area contributed by atoms with Crippen LogP contribution in [0.4, 0.5) is 5.95 Å². The van der Waals surface area contributed by atoms with Crippen LogP contribution in [0.1, 0.15) is 41.7 Å². The predicted molar refractivity (Wildman–Crippen MR) is 145 cm³/mol. The molecule has 1 aliphatic heterocycles. The molecular formula is C29H34N6O2. The molecule has 1 saturated heterocycles. The van der Waals surface area contributed by atoms with E-state index in [4.69, 9.17) is 9.72 Å². The van der Waals surface area contributed by atoms with Gasteiger partial charge in [-0.1, -0.05) is 43.2 Å². The Balaban J connectivity index is 1.22. The summed E-state index contributed by atoms with van der Waals surface area (Å²) in [6, 6.07) is 17.5. The Morgan fingerprint density at radius 1 is 0.973 bits per heavy atom. The number of nitrogens with zero attached hydrogens (tertiary/aromatic N) is 4. The number of unbranched alkanes of at least 4 members (excludes halogenated alkanes) is 3. The number of ether oxygens (including phenoxy) is 1. The van der Waals surface area contributed by atoms with Gasteiger partial charge in [0.05, 0.1) is 25.1 Å². The summed E-state index contributed by atoms with van der Waals surface area (Å²) >= 11 is 0. The number of amides is 1. The van der Waals surface area contributed by atoms with Crippen molar-refractivity contribution in [3.63, 3.8) is 0 Å². The third-order valence-corrected chi connectivity index (χ3v) is 6.73. The maximum atomic E-state index is 13.2. The Morgan fingerprint density at radius 2 is 1.81 bits per heavy atom. The van der Waals surface area contributed by atoms with Crippen molar-refractivity contribution in [3.8, 4) is 16.8 Å². The third-order valence-electron chi connectivity index (χ3n) is 6.73. The number of nitrogens with one attached hydrogen (secondary N) is 2. The van der Waals surface area contributed by atoms with Crippen LogP contribution in [0.15, 0.2) is 73.2 Å². The molecule has 3 heterocycles. The number of aromatic amines is 1. The van der Waals surface area contributed by atoms with Gasteiger partial charge in [-0.15, -0.1) is 0 Å². The average Bonchev–Trinajstić information content (AvgIpc) is 3.63. The third kappa shape index (κ3) is 6.72. The maximum absolute atomic E-state index is 13.2. The number of imidazole rings is 1. The molecule has 192 valence electrons. The quantitative estimate of drug-likeness (QED) is 0.286. The van der Waals surface area contributed by atoms with E-state index in [0.29, 0.717) is 11.5 Å². The average molecular weight is 499 g/mol. The molecule has 1 aliphatic rings. The van der Waals surface area contributed by atoms with E-state index in [-0.39, 0.29) is 5.91 Å². The molecule has 2 aromatic heterocycles. The molecule has 0 radical (unpaired) electrons. The van der Waals surface area contributed by atoms with Gasteiger partial charge in [0.2, 0.25) is 5.95 Å². The molecule has 0 unspecified atom stereocenters. The number of benzene rings is 2. The summed E-state index contributed by atoms with van der Waals surface area (Å²) in [7, 11) is 0. The van der Waals surface area contributed by atoms with Gasteiger partial charge in [0.25, 0.3) is 5.91 Å². The summed E-state index contributed by atoms with van der Waals surface area (Å²) in [5.74, 6) is 0.343. The summed E-state index contributed by atoms with van der Waals surface area (Å²) in [6.07, 6.45) is 11.2. The zero-order valence-corrected chi connectivity index (χ0v) is 21.1. The molecule has 37 heavy (non-hydrogen) atoms. The lowest BCUT2D eigenvalue weighted by molar-refractivity contribution is 0.0371. The van der Waals surface area contributed by atoms with E-state index in [2.05, 4.69) is 20.4 Å². The molecule has 4 aromatic rings. The van der Waals surface area contributed by atoms with Crippen LogP contribution in [-0.4, -0.2) is 63.4 Å². The van der Waals surface area contributed by atoms with Crippen molar-refractivity contribution in [3.05, 3.63) is 84.4 Å². The second-order valence-corrected chi connectivity index (χ2v) is 9.40. The lowest BCUT2D eigenvalue weighted by Gasteiger charge is -2.26. The number of rotatable bonds is 11. The van der Waals surface area contributed by atoms with Gasteiger partial charge in [0.1, 0.15) is 0 Å². The van der Waals surface area contributed by atoms with Gasteiger partial charge in [-0.3, -0.25) is 24.7 Å². The van der Waals surface area contributed by atoms with Crippen LogP contribution < -0.4 is 5.32 Å². The van der Waals surface area contributed by atoms with E-state index in [1.807, 2.05) is 71.6 Å². The van der Waals surface area contributed by atoms with Crippen LogP contribution >= 0.6 is 0 Å². The number of morpholine rings is 1. The molecule has 0 aliphatic carbocycles. The van der Waals surface area contributed by atoms with Crippen molar-refractivity contribution in [2.75, 3.05) is 38.2 Å². The number of aryl methyl sites for hydroxylation is 1. The SMILES string of the molecule is O=C(Nc1nc(CCCCCCN2CCOCC2)cn1-c1ccccc1)c1cccc(-c2cn[nH]c2)c1. The van der Waals surface area contributed by atoms with Gasteiger partial charge < -0.3 is 4.74 Å². The van der Waals surface area contributed by atoms with Crippen LogP contribution in [0.2, 0.25) is 0 Å². The molecule has 0 atom stereocenters. The van der Waals surface area contributed by atoms with Crippen molar-refractivity contribution in [2.24, 2.45) is 0 Å². The lowest BCUT2D eigenvalue weighted by atomic mass is 10.1. The number of aromatic nitrogens is 4. The molecule has 8 heteroatoms. The van der Waals surface area contributed by atoms with Crippen molar-refractivity contribution in [1.82, 2.24) is 24.6 Å². The minimum Gasteiger partial charge on any atom is -0.379 e. The fraction of sp³-hybridized carbons (Fsp3) is 0.345. The van der Waals surface area contributed by atoms with Crippen LogP contribution in [-0.2, 0) is 11.2 Å². The topological polar surface area (TPSA) is 88.1 Å². The number of H-pyrrole nitrogens is 1. The van der Waals surface area contributed by atoms with Crippen LogP contribution in [0.3, 0.4) is 0 Å². The Morgan fingerprint density at radius 3 is 2.62 bits per heavy atom. The second-order valence-electron chi connectivity index (χ2n) is 9.40. The van der Waals surface area contributed by atoms with Gasteiger partial charge in [-0.05, 0) is 55.6 Å². The monoisotopic (exact) mass is 498 g/mol. The normalized spacial score (nSPS) is 14.1. The minimum atomic E-state index is -0.192. The van der Waals surface area contributed by atoms with Crippen molar-refractivity contribution >= 4 is 11.9 Å². The largest absolute Gasteiger partial charge is 0.379 e. The van der Waals surface area contributed by atoms with Crippen LogP contribution in [0.25, 0.3) is 16.8 Å². The smallest absolute Gasteiger partial charge is 0.258 e. The number of para-hydroxylation sites is 1. The van der Waals surface area contributed by atoms with Crippen molar-refractivity contribution < 1.29 is 9.53 Å². The summed E-state index contributed by atoms with van der Waals surface area (Å²) in [4.78, 5) is 20.5. The van der Waals surface area contributed by atoms with Gasteiger partial charge in [0, 0.05) is 42.3 Å². The Labute approximate surface area is 217 Å². The minimum absolute atomic E-state index is 0.192. The van der Waals surface area contributed by atoms with Crippen LogP contribution in [0.5, 0.6) is 0 Å². The highest BCUT2D eigenvalue weighted by atomic mass is 16.5.